The van der Waals surface area contributed by atoms with E-state index in [1.54, 1.807) is 37.6 Å². The lowest BCUT2D eigenvalue weighted by Crippen LogP contribution is -2.23. The molecule has 0 amide bonds. The summed E-state index contributed by atoms with van der Waals surface area (Å²) in [7, 11) is -3.44. The Kier molecular flexibility index (Phi) is 6.05. The molecule has 1 aromatic heterocycles. The average Bonchev–Trinajstić information content (AvgIpc) is 3.21. The van der Waals surface area contributed by atoms with Crippen molar-refractivity contribution in [2.24, 2.45) is 0 Å². The number of hydrogen-bond acceptors (Lipinski definition) is 4. The van der Waals surface area contributed by atoms with Crippen molar-refractivity contribution in [2.45, 2.75) is 31.3 Å². The number of aromatic nitrogens is 2. The molecule has 0 aliphatic heterocycles. The number of benzene rings is 2. The number of nitrogens with zero attached hydrogens (tertiary/aromatic N) is 2. The second kappa shape index (κ2) is 8.47. The van der Waals surface area contributed by atoms with Crippen LogP contribution in [0.4, 0.5) is 0 Å². The molecule has 2 N–H and O–H groups in total. The normalized spacial score (nSPS) is 12.8. The molecule has 0 fully saturated rings. The first kappa shape index (κ1) is 19.3. The molecule has 142 valence electrons. The van der Waals surface area contributed by atoms with E-state index in [-0.39, 0.29) is 6.04 Å². The molecule has 0 aliphatic rings. The van der Waals surface area contributed by atoms with Crippen molar-refractivity contribution in [3.8, 4) is 5.69 Å². The van der Waals surface area contributed by atoms with E-state index in [0.717, 1.165) is 16.8 Å². The summed E-state index contributed by atoms with van der Waals surface area (Å²) in [6, 6.07) is 15.4. The van der Waals surface area contributed by atoms with Gasteiger partial charge >= 0.3 is 0 Å². The van der Waals surface area contributed by atoms with Crippen LogP contribution in [0.5, 0.6) is 0 Å². The quantitative estimate of drug-likeness (QED) is 0.626. The van der Waals surface area contributed by atoms with Gasteiger partial charge < -0.3 is 9.88 Å². The van der Waals surface area contributed by atoms with E-state index in [1.165, 1.54) is 0 Å². The maximum atomic E-state index is 12.1. The molecule has 0 bridgehead atoms. The summed E-state index contributed by atoms with van der Waals surface area (Å²) in [4.78, 5) is 4.35. The van der Waals surface area contributed by atoms with E-state index in [4.69, 9.17) is 0 Å². The number of rotatable bonds is 8. The molecule has 27 heavy (non-hydrogen) atoms. The van der Waals surface area contributed by atoms with Crippen molar-refractivity contribution in [3.05, 3.63) is 78.4 Å². The third-order valence-electron chi connectivity index (χ3n) is 4.35. The molecule has 1 unspecified atom stereocenters. The topological polar surface area (TPSA) is 76.0 Å². The van der Waals surface area contributed by atoms with Crippen molar-refractivity contribution in [1.29, 1.82) is 0 Å². The Bertz CT molecular complexity index is 967. The first-order valence-corrected chi connectivity index (χ1v) is 10.4. The van der Waals surface area contributed by atoms with Crippen LogP contribution >= 0.6 is 0 Å². The van der Waals surface area contributed by atoms with Crippen LogP contribution in [0, 0.1) is 0 Å². The SMILES string of the molecule is CCNS(=O)(=O)c1cccc(CNC(C)c2ccc(-n3ccnc3)cc2)c1. The Morgan fingerprint density at radius 2 is 1.93 bits per heavy atom. The van der Waals surface area contributed by atoms with Crippen LogP contribution in [0.2, 0.25) is 0 Å². The van der Waals surface area contributed by atoms with Crippen LogP contribution in [0.1, 0.15) is 31.0 Å². The van der Waals surface area contributed by atoms with Gasteiger partial charge in [-0.05, 0) is 42.3 Å². The van der Waals surface area contributed by atoms with Gasteiger partial charge in [0.1, 0.15) is 0 Å². The molecule has 0 aliphatic carbocycles. The third kappa shape index (κ3) is 4.82. The standard InChI is InChI=1S/C20H24N4O2S/c1-3-23-27(25,26)20-6-4-5-17(13-20)14-22-16(2)18-7-9-19(10-8-18)24-12-11-21-15-24/h4-13,15-16,22-23H,3,14H2,1-2H3. The van der Waals surface area contributed by atoms with E-state index in [2.05, 4.69) is 46.2 Å². The highest BCUT2D eigenvalue weighted by molar-refractivity contribution is 7.89. The zero-order valence-electron chi connectivity index (χ0n) is 15.5. The van der Waals surface area contributed by atoms with Crippen molar-refractivity contribution >= 4 is 10.0 Å². The van der Waals surface area contributed by atoms with Gasteiger partial charge in [-0.3, -0.25) is 0 Å². The van der Waals surface area contributed by atoms with E-state index in [1.807, 2.05) is 16.8 Å². The molecule has 3 aromatic rings. The molecule has 1 heterocycles. The third-order valence-corrected chi connectivity index (χ3v) is 5.89. The van der Waals surface area contributed by atoms with Gasteiger partial charge in [-0.1, -0.05) is 31.2 Å². The van der Waals surface area contributed by atoms with Gasteiger partial charge in [0.15, 0.2) is 0 Å². The Hall–Kier alpha value is -2.48. The Balaban J connectivity index is 1.65. The molecule has 3 rings (SSSR count). The van der Waals surface area contributed by atoms with Gasteiger partial charge in [0.2, 0.25) is 10.0 Å². The summed E-state index contributed by atoms with van der Waals surface area (Å²) in [6.45, 7) is 4.81. The van der Waals surface area contributed by atoms with Gasteiger partial charge in [0.05, 0.1) is 11.2 Å². The Morgan fingerprint density at radius 3 is 2.59 bits per heavy atom. The predicted molar refractivity (Wildman–Crippen MR) is 106 cm³/mol. The minimum absolute atomic E-state index is 0.135. The largest absolute Gasteiger partial charge is 0.306 e. The van der Waals surface area contributed by atoms with Crippen LogP contribution in [-0.2, 0) is 16.6 Å². The molecule has 0 saturated carbocycles. The lowest BCUT2D eigenvalue weighted by Gasteiger charge is -2.15. The highest BCUT2D eigenvalue weighted by atomic mass is 32.2. The molecule has 1 atom stereocenters. The first-order chi connectivity index (χ1) is 13.0. The van der Waals surface area contributed by atoms with Gasteiger partial charge in [-0.25, -0.2) is 18.1 Å². The highest BCUT2D eigenvalue weighted by Crippen LogP contribution is 2.17. The number of hydrogen-bond donors (Lipinski definition) is 2. The van der Waals surface area contributed by atoms with Crippen LogP contribution in [-0.4, -0.2) is 24.5 Å². The van der Waals surface area contributed by atoms with Crippen LogP contribution in [0.25, 0.3) is 5.69 Å². The zero-order valence-corrected chi connectivity index (χ0v) is 16.3. The fourth-order valence-corrected chi connectivity index (χ4v) is 3.94. The van der Waals surface area contributed by atoms with E-state index < -0.39 is 10.0 Å². The van der Waals surface area contributed by atoms with Gasteiger partial charge in [-0.15, -0.1) is 0 Å². The molecule has 0 radical (unpaired) electrons. The van der Waals surface area contributed by atoms with Gasteiger partial charge in [0.25, 0.3) is 0 Å². The maximum Gasteiger partial charge on any atom is 0.240 e. The van der Waals surface area contributed by atoms with Crippen molar-refractivity contribution < 1.29 is 8.42 Å². The van der Waals surface area contributed by atoms with Crippen molar-refractivity contribution in [3.63, 3.8) is 0 Å². The smallest absolute Gasteiger partial charge is 0.240 e. The van der Waals surface area contributed by atoms with E-state index >= 15 is 0 Å². The molecular weight excluding hydrogens is 360 g/mol. The van der Waals surface area contributed by atoms with E-state index in [9.17, 15) is 8.42 Å². The molecular formula is C20H24N4O2S. The first-order valence-electron chi connectivity index (χ1n) is 8.90. The monoisotopic (exact) mass is 384 g/mol. The van der Waals surface area contributed by atoms with Crippen LogP contribution < -0.4 is 10.0 Å². The maximum absolute atomic E-state index is 12.1. The fourth-order valence-electron chi connectivity index (χ4n) is 2.83. The van der Waals surface area contributed by atoms with Gasteiger partial charge in [0, 0.05) is 37.2 Å². The summed E-state index contributed by atoms with van der Waals surface area (Å²) < 4.78 is 28.7. The summed E-state index contributed by atoms with van der Waals surface area (Å²) in [6.07, 6.45) is 5.43. The highest BCUT2D eigenvalue weighted by Gasteiger charge is 2.13. The molecule has 6 nitrogen and oxygen atoms in total. The molecule has 2 aromatic carbocycles. The minimum atomic E-state index is -3.44. The Labute approximate surface area is 160 Å². The van der Waals surface area contributed by atoms with E-state index in [0.29, 0.717) is 18.0 Å². The second-order valence-electron chi connectivity index (χ2n) is 6.31. The second-order valence-corrected chi connectivity index (χ2v) is 8.08. The Morgan fingerprint density at radius 1 is 1.15 bits per heavy atom. The van der Waals surface area contributed by atoms with Crippen molar-refractivity contribution in [1.82, 2.24) is 19.6 Å². The minimum Gasteiger partial charge on any atom is -0.306 e. The molecule has 0 saturated heterocycles. The van der Waals surface area contributed by atoms with Crippen LogP contribution in [0.15, 0.2) is 72.1 Å². The summed E-state index contributed by atoms with van der Waals surface area (Å²) in [5.41, 5.74) is 3.15. The van der Waals surface area contributed by atoms with Gasteiger partial charge in [-0.2, -0.15) is 0 Å². The lowest BCUT2D eigenvalue weighted by atomic mass is 10.1. The molecule has 0 spiro atoms. The van der Waals surface area contributed by atoms with Crippen molar-refractivity contribution in [2.75, 3.05) is 6.54 Å². The van der Waals surface area contributed by atoms with Crippen LogP contribution in [0.3, 0.4) is 0 Å². The summed E-state index contributed by atoms with van der Waals surface area (Å²) in [5.74, 6) is 0. The number of sulfonamides is 1. The summed E-state index contributed by atoms with van der Waals surface area (Å²) in [5, 5.41) is 3.45. The summed E-state index contributed by atoms with van der Waals surface area (Å²) >= 11 is 0. The molecule has 7 heteroatoms. The number of imidazole rings is 1. The predicted octanol–water partition coefficient (Wildman–Crippen LogP) is 3.02. The number of nitrogens with one attached hydrogen (secondary N) is 2. The average molecular weight is 385 g/mol. The fraction of sp³-hybridized carbons (Fsp3) is 0.250. The lowest BCUT2D eigenvalue weighted by molar-refractivity contribution is 0.572. The zero-order chi connectivity index (χ0) is 19.3.